The van der Waals surface area contributed by atoms with Gasteiger partial charge in [-0.15, -0.1) is 0 Å². The van der Waals surface area contributed by atoms with Crippen molar-refractivity contribution in [1.82, 2.24) is 4.90 Å². The number of sulfone groups is 1. The number of hydrogen-bond acceptors (Lipinski definition) is 5. The Morgan fingerprint density at radius 3 is 2.40 bits per heavy atom. The van der Waals surface area contributed by atoms with Gasteiger partial charge >= 0.3 is 0 Å². The molecule has 0 heterocycles. The van der Waals surface area contributed by atoms with Crippen molar-refractivity contribution >= 4 is 15.7 Å². The van der Waals surface area contributed by atoms with Gasteiger partial charge in [-0.1, -0.05) is 26.2 Å². The largest absolute Gasteiger partial charge is 0.395 e. The average molecular weight is 308 g/mol. The number of aliphatic hydroxyl groups excluding tert-OH is 1. The van der Waals surface area contributed by atoms with Gasteiger partial charge in [-0.25, -0.2) is 8.42 Å². The number of nitrogens with two attached hydrogens (primary N) is 1. The van der Waals surface area contributed by atoms with E-state index >= 15 is 0 Å². The van der Waals surface area contributed by atoms with E-state index in [0.717, 1.165) is 31.9 Å². The van der Waals surface area contributed by atoms with E-state index in [4.69, 9.17) is 10.8 Å². The van der Waals surface area contributed by atoms with Crippen LogP contribution in [0.2, 0.25) is 0 Å². The van der Waals surface area contributed by atoms with Gasteiger partial charge < -0.3 is 15.7 Å². The Morgan fingerprint density at radius 2 is 1.90 bits per heavy atom. The molecule has 0 rings (SSSR count). The Labute approximate surface area is 122 Å². The normalized spacial score (nSPS) is 13.2. The molecule has 0 radical (unpaired) electrons. The highest BCUT2D eigenvalue weighted by molar-refractivity contribution is 7.90. The maximum atomic E-state index is 12.1. The van der Waals surface area contributed by atoms with Crippen LogP contribution in [0.3, 0.4) is 0 Å². The summed E-state index contributed by atoms with van der Waals surface area (Å²) in [6.07, 6.45) is 5.38. The van der Waals surface area contributed by atoms with E-state index in [1.165, 1.54) is 4.90 Å². The third kappa shape index (κ3) is 9.28. The summed E-state index contributed by atoms with van der Waals surface area (Å²) in [6.45, 7) is 2.81. The number of amides is 1. The predicted molar refractivity (Wildman–Crippen MR) is 80.1 cm³/mol. The third-order valence-electron chi connectivity index (χ3n) is 3.08. The van der Waals surface area contributed by atoms with Crippen LogP contribution in [0.5, 0.6) is 0 Å². The molecular weight excluding hydrogens is 280 g/mol. The summed E-state index contributed by atoms with van der Waals surface area (Å²) in [6, 6.07) is -0.817. The van der Waals surface area contributed by atoms with E-state index in [0.29, 0.717) is 6.54 Å². The van der Waals surface area contributed by atoms with Crippen molar-refractivity contribution in [2.45, 2.75) is 45.1 Å². The van der Waals surface area contributed by atoms with Crippen molar-refractivity contribution in [2.24, 2.45) is 5.73 Å². The molecule has 1 unspecified atom stereocenters. The number of nitrogens with zero attached hydrogens (tertiary/aromatic N) is 1. The van der Waals surface area contributed by atoms with Gasteiger partial charge in [0.2, 0.25) is 5.91 Å². The molecule has 0 fully saturated rings. The summed E-state index contributed by atoms with van der Waals surface area (Å²) < 4.78 is 22.2. The molecule has 0 spiro atoms. The van der Waals surface area contributed by atoms with Gasteiger partial charge in [-0.2, -0.15) is 0 Å². The van der Waals surface area contributed by atoms with Crippen LogP contribution in [0.25, 0.3) is 0 Å². The summed E-state index contributed by atoms with van der Waals surface area (Å²) in [4.78, 5) is 13.6. The van der Waals surface area contributed by atoms with E-state index in [9.17, 15) is 13.2 Å². The van der Waals surface area contributed by atoms with Crippen LogP contribution in [-0.4, -0.2) is 62.1 Å². The number of rotatable bonds is 11. The molecule has 1 atom stereocenters. The molecule has 120 valence electrons. The fraction of sp³-hybridized carbons (Fsp3) is 0.923. The standard InChI is InChI=1S/C13H28N2O4S/c1-3-4-5-6-8-15(9-10-16)13(17)12(14)7-11-20(2,18)19/h12,16H,3-11,14H2,1-2H3. The van der Waals surface area contributed by atoms with E-state index in [2.05, 4.69) is 6.92 Å². The first kappa shape index (κ1) is 19.3. The summed E-state index contributed by atoms with van der Waals surface area (Å²) in [5.41, 5.74) is 5.75. The SMILES string of the molecule is CCCCCCN(CCO)C(=O)C(N)CCS(C)(=O)=O. The molecule has 0 aliphatic carbocycles. The van der Waals surface area contributed by atoms with Gasteiger partial charge in [0.1, 0.15) is 9.84 Å². The Morgan fingerprint density at radius 1 is 1.25 bits per heavy atom. The molecule has 0 aromatic heterocycles. The quantitative estimate of drug-likeness (QED) is 0.529. The topological polar surface area (TPSA) is 101 Å². The summed E-state index contributed by atoms with van der Waals surface area (Å²) in [7, 11) is -3.12. The minimum atomic E-state index is -3.12. The fourth-order valence-electron chi connectivity index (χ4n) is 1.88. The number of carbonyl (C=O) groups excluding carboxylic acids is 1. The van der Waals surface area contributed by atoms with Gasteiger partial charge in [0.15, 0.2) is 0 Å². The molecule has 0 saturated carbocycles. The summed E-state index contributed by atoms with van der Waals surface area (Å²) in [5.74, 6) is -0.373. The van der Waals surface area contributed by atoms with Crippen molar-refractivity contribution in [3.63, 3.8) is 0 Å². The first-order chi connectivity index (χ1) is 9.31. The molecule has 0 aromatic carbocycles. The minimum absolute atomic E-state index is 0.0945. The highest BCUT2D eigenvalue weighted by Gasteiger charge is 2.21. The fourth-order valence-corrected chi connectivity index (χ4v) is 2.56. The molecule has 0 bridgehead atoms. The molecule has 0 saturated heterocycles. The van der Waals surface area contributed by atoms with Gasteiger partial charge in [0, 0.05) is 19.3 Å². The minimum Gasteiger partial charge on any atom is -0.395 e. The number of unbranched alkanes of at least 4 members (excludes halogenated alkanes) is 3. The predicted octanol–water partition coefficient (Wildman–Crippen LogP) is 0.150. The van der Waals surface area contributed by atoms with Gasteiger partial charge in [0.05, 0.1) is 18.4 Å². The molecule has 20 heavy (non-hydrogen) atoms. The van der Waals surface area contributed by atoms with Crippen molar-refractivity contribution in [1.29, 1.82) is 0 Å². The second-order valence-corrected chi connectivity index (χ2v) is 7.39. The molecule has 7 heteroatoms. The van der Waals surface area contributed by atoms with E-state index < -0.39 is 15.9 Å². The number of aliphatic hydroxyl groups is 1. The maximum Gasteiger partial charge on any atom is 0.239 e. The second kappa shape index (κ2) is 10.1. The molecule has 1 amide bonds. The molecule has 6 nitrogen and oxygen atoms in total. The van der Waals surface area contributed by atoms with Gasteiger partial charge in [-0.05, 0) is 12.8 Å². The summed E-state index contributed by atoms with van der Waals surface area (Å²) >= 11 is 0. The highest BCUT2D eigenvalue weighted by Crippen LogP contribution is 2.05. The van der Waals surface area contributed by atoms with Crippen LogP contribution in [0.15, 0.2) is 0 Å². The lowest BCUT2D eigenvalue weighted by molar-refractivity contribution is -0.133. The Kier molecular flexibility index (Phi) is 9.79. The maximum absolute atomic E-state index is 12.1. The number of hydrogen-bond donors (Lipinski definition) is 2. The van der Waals surface area contributed by atoms with Crippen LogP contribution < -0.4 is 5.73 Å². The summed E-state index contributed by atoms with van der Waals surface area (Å²) in [5, 5.41) is 9.00. The van der Waals surface area contributed by atoms with Crippen LogP contribution in [0, 0.1) is 0 Å². The molecule has 0 aromatic rings. The lowest BCUT2D eigenvalue weighted by Crippen LogP contribution is -2.46. The Hall–Kier alpha value is -0.660. The first-order valence-electron chi connectivity index (χ1n) is 7.14. The van der Waals surface area contributed by atoms with Gasteiger partial charge in [-0.3, -0.25) is 4.79 Å². The van der Waals surface area contributed by atoms with Crippen LogP contribution >= 0.6 is 0 Å². The van der Waals surface area contributed by atoms with Crippen molar-refractivity contribution in [3.05, 3.63) is 0 Å². The monoisotopic (exact) mass is 308 g/mol. The van der Waals surface area contributed by atoms with Crippen molar-refractivity contribution in [3.8, 4) is 0 Å². The highest BCUT2D eigenvalue weighted by atomic mass is 32.2. The third-order valence-corrected chi connectivity index (χ3v) is 4.06. The van der Waals surface area contributed by atoms with Gasteiger partial charge in [0.25, 0.3) is 0 Å². The van der Waals surface area contributed by atoms with Crippen molar-refractivity contribution in [2.75, 3.05) is 31.7 Å². The molecule has 3 N–H and O–H groups in total. The zero-order valence-electron chi connectivity index (χ0n) is 12.5. The molecule has 0 aliphatic rings. The van der Waals surface area contributed by atoms with E-state index in [-0.39, 0.29) is 31.2 Å². The van der Waals surface area contributed by atoms with Crippen LogP contribution in [-0.2, 0) is 14.6 Å². The van der Waals surface area contributed by atoms with Crippen LogP contribution in [0.4, 0.5) is 0 Å². The van der Waals surface area contributed by atoms with E-state index in [1.807, 2.05) is 0 Å². The van der Waals surface area contributed by atoms with Crippen LogP contribution in [0.1, 0.15) is 39.0 Å². The number of carbonyl (C=O) groups is 1. The first-order valence-corrected chi connectivity index (χ1v) is 9.20. The Bertz CT molecular complexity index is 371. The zero-order chi connectivity index (χ0) is 15.6. The van der Waals surface area contributed by atoms with E-state index in [1.54, 1.807) is 0 Å². The second-order valence-electron chi connectivity index (χ2n) is 5.13. The molecular formula is C13H28N2O4S. The zero-order valence-corrected chi connectivity index (χ0v) is 13.4. The smallest absolute Gasteiger partial charge is 0.239 e. The lowest BCUT2D eigenvalue weighted by atomic mass is 10.1. The van der Waals surface area contributed by atoms with Crippen molar-refractivity contribution < 1.29 is 18.3 Å². The lowest BCUT2D eigenvalue weighted by Gasteiger charge is -2.25. The molecule has 0 aliphatic heterocycles. The Balaban J connectivity index is 4.31. The average Bonchev–Trinajstić information content (AvgIpc) is 2.38.